The van der Waals surface area contributed by atoms with Gasteiger partial charge in [0.2, 0.25) is 0 Å². The molecule has 0 amide bonds. The minimum absolute atomic E-state index is 0.109. The van der Waals surface area contributed by atoms with Crippen LogP contribution in [0.3, 0.4) is 0 Å². The lowest BCUT2D eigenvalue weighted by atomic mass is 9.94. The summed E-state index contributed by atoms with van der Waals surface area (Å²) in [7, 11) is 0. The van der Waals surface area contributed by atoms with Crippen molar-refractivity contribution in [2.45, 2.75) is 71.5 Å². The summed E-state index contributed by atoms with van der Waals surface area (Å²) >= 11 is 0. The van der Waals surface area contributed by atoms with Crippen molar-refractivity contribution in [1.82, 2.24) is 10.3 Å². The Bertz CT molecular complexity index is 1360. The van der Waals surface area contributed by atoms with Gasteiger partial charge in [0, 0.05) is 24.5 Å². The first-order valence-electron chi connectivity index (χ1n) is 14.8. The number of anilines is 1. The number of hydrogen-bond acceptors (Lipinski definition) is 4. The zero-order valence-electron chi connectivity index (χ0n) is 24.8. The van der Waals surface area contributed by atoms with Crippen molar-refractivity contribution < 1.29 is 9.90 Å². The molecular weight excluding hydrogens is 506 g/mol. The Labute approximate surface area is 245 Å². The first kappa shape index (κ1) is 30.0. The SMILES string of the molecule is CCC(CC)c1ccc(N(Cc2cccc(-c3ccc(CC(NCC(=O)O)c4ccccn4)cc3)c2)C(C)C)cc1. The van der Waals surface area contributed by atoms with Crippen molar-refractivity contribution >= 4 is 11.7 Å². The van der Waals surface area contributed by atoms with E-state index in [1.165, 1.54) is 35.2 Å². The van der Waals surface area contributed by atoms with Gasteiger partial charge >= 0.3 is 5.97 Å². The largest absolute Gasteiger partial charge is 0.480 e. The van der Waals surface area contributed by atoms with Crippen molar-refractivity contribution in [3.8, 4) is 11.1 Å². The van der Waals surface area contributed by atoms with Crippen molar-refractivity contribution in [3.63, 3.8) is 0 Å². The summed E-state index contributed by atoms with van der Waals surface area (Å²) in [6.45, 7) is 9.77. The first-order chi connectivity index (χ1) is 19.9. The van der Waals surface area contributed by atoms with Crippen molar-refractivity contribution in [2.75, 3.05) is 11.4 Å². The van der Waals surface area contributed by atoms with E-state index >= 15 is 0 Å². The number of hydrogen-bond donors (Lipinski definition) is 2. The third-order valence-electron chi connectivity index (χ3n) is 7.86. The van der Waals surface area contributed by atoms with E-state index in [0.717, 1.165) is 23.4 Å². The second-order valence-electron chi connectivity index (χ2n) is 11.0. The highest BCUT2D eigenvalue weighted by Crippen LogP contribution is 2.28. The van der Waals surface area contributed by atoms with Crippen molar-refractivity contribution in [2.24, 2.45) is 0 Å². The van der Waals surface area contributed by atoms with Crippen molar-refractivity contribution in [3.05, 3.63) is 120 Å². The molecule has 214 valence electrons. The number of pyridine rings is 1. The summed E-state index contributed by atoms with van der Waals surface area (Å²) in [6, 6.07) is 32.4. The van der Waals surface area contributed by atoms with E-state index < -0.39 is 5.97 Å². The summed E-state index contributed by atoms with van der Waals surface area (Å²) in [4.78, 5) is 18.1. The van der Waals surface area contributed by atoms with Gasteiger partial charge in [-0.3, -0.25) is 15.1 Å². The standard InChI is InChI=1S/C36H43N3O2/c1-5-29(6-2)30-17-19-33(20-18-30)39(26(3)4)25-28-10-9-11-32(22-28)31-15-13-27(14-16-31)23-35(38-24-36(40)41)34-12-7-8-21-37-34/h7-22,26,29,35,38H,5-6,23-25H2,1-4H3,(H,40,41). The van der Waals surface area contributed by atoms with E-state index in [0.29, 0.717) is 18.4 Å². The van der Waals surface area contributed by atoms with E-state index in [1.54, 1.807) is 6.20 Å². The lowest BCUT2D eigenvalue weighted by Gasteiger charge is -2.30. The van der Waals surface area contributed by atoms with Crippen LogP contribution in [0.25, 0.3) is 11.1 Å². The Kier molecular flexibility index (Phi) is 10.7. The smallest absolute Gasteiger partial charge is 0.317 e. The summed E-state index contributed by atoms with van der Waals surface area (Å²) in [5, 5.41) is 12.3. The third-order valence-corrected chi connectivity index (χ3v) is 7.86. The second kappa shape index (κ2) is 14.6. The fourth-order valence-corrected chi connectivity index (χ4v) is 5.46. The van der Waals surface area contributed by atoms with Crippen LogP contribution in [-0.2, 0) is 17.8 Å². The van der Waals surface area contributed by atoms with Crippen LogP contribution in [0.4, 0.5) is 5.69 Å². The predicted molar refractivity (Wildman–Crippen MR) is 169 cm³/mol. The number of nitrogens with one attached hydrogen (secondary N) is 1. The molecule has 1 aromatic heterocycles. The molecule has 4 rings (SSSR count). The maximum absolute atomic E-state index is 11.2. The van der Waals surface area contributed by atoms with Crippen LogP contribution in [0.1, 0.15) is 74.9 Å². The van der Waals surface area contributed by atoms with E-state index in [2.05, 4.69) is 116 Å². The maximum Gasteiger partial charge on any atom is 0.317 e. The van der Waals surface area contributed by atoms with E-state index in [-0.39, 0.29) is 12.6 Å². The predicted octanol–water partition coefficient (Wildman–Crippen LogP) is 8.03. The molecule has 0 saturated carbocycles. The van der Waals surface area contributed by atoms with Gasteiger partial charge in [-0.15, -0.1) is 0 Å². The molecule has 0 aliphatic heterocycles. The van der Waals surface area contributed by atoms with Crippen LogP contribution in [-0.4, -0.2) is 28.6 Å². The summed E-state index contributed by atoms with van der Waals surface area (Å²) in [5.74, 6) is -0.252. The molecule has 0 saturated heterocycles. The van der Waals surface area contributed by atoms with Crippen LogP contribution in [0, 0.1) is 0 Å². The van der Waals surface area contributed by atoms with Gasteiger partial charge in [0.25, 0.3) is 0 Å². The molecular formula is C36H43N3O2. The topological polar surface area (TPSA) is 65.5 Å². The van der Waals surface area contributed by atoms with Crippen LogP contribution in [0.2, 0.25) is 0 Å². The van der Waals surface area contributed by atoms with Gasteiger partial charge in [-0.25, -0.2) is 0 Å². The highest BCUT2D eigenvalue weighted by atomic mass is 16.4. The summed E-state index contributed by atoms with van der Waals surface area (Å²) < 4.78 is 0. The summed E-state index contributed by atoms with van der Waals surface area (Å²) in [5.41, 5.74) is 8.27. The number of nitrogens with zero attached hydrogens (tertiary/aromatic N) is 2. The number of carboxylic acid groups (broad SMARTS) is 1. The number of carbonyl (C=O) groups is 1. The minimum Gasteiger partial charge on any atom is -0.480 e. The van der Waals surface area contributed by atoms with Gasteiger partial charge in [0.05, 0.1) is 18.3 Å². The minimum atomic E-state index is -0.879. The highest BCUT2D eigenvalue weighted by Gasteiger charge is 2.16. The molecule has 0 spiro atoms. The number of carboxylic acids is 1. The molecule has 1 unspecified atom stereocenters. The lowest BCUT2D eigenvalue weighted by molar-refractivity contribution is -0.136. The first-order valence-corrected chi connectivity index (χ1v) is 14.8. The fraction of sp³-hybridized carbons (Fsp3) is 0.333. The molecule has 0 aliphatic carbocycles. The fourth-order valence-electron chi connectivity index (χ4n) is 5.46. The average Bonchev–Trinajstić information content (AvgIpc) is 3.00. The van der Waals surface area contributed by atoms with Gasteiger partial charge in [0.1, 0.15) is 0 Å². The molecule has 0 bridgehead atoms. The monoisotopic (exact) mass is 549 g/mol. The maximum atomic E-state index is 11.2. The third kappa shape index (κ3) is 8.27. The molecule has 0 aliphatic rings. The number of aliphatic carboxylic acids is 1. The highest BCUT2D eigenvalue weighted by molar-refractivity contribution is 5.69. The van der Waals surface area contributed by atoms with Crippen LogP contribution in [0.5, 0.6) is 0 Å². The molecule has 2 N–H and O–H groups in total. The van der Waals surface area contributed by atoms with Gasteiger partial charge < -0.3 is 10.0 Å². The number of benzene rings is 3. The van der Waals surface area contributed by atoms with Gasteiger partial charge in [0.15, 0.2) is 0 Å². The van der Waals surface area contributed by atoms with Crippen LogP contribution >= 0.6 is 0 Å². The van der Waals surface area contributed by atoms with E-state index in [1.807, 2.05) is 18.2 Å². The quantitative estimate of drug-likeness (QED) is 0.167. The van der Waals surface area contributed by atoms with Crippen LogP contribution in [0.15, 0.2) is 97.2 Å². The molecule has 3 aromatic carbocycles. The van der Waals surface area contributed by atoms with Crippen LogP contribution < -0.4 is 10.2 Å². The molecule has 1 atom stereocenters. The molecule has 5 heteroatoms. The van der Waals surface area contributed by atoms with E-state index in [4.69, 9.17) is 0 Å². The molecule has 0 radical (unpaired) electrons. The zero-order chi connectivity index (χ0) is 29.2. The Balaban J connectivity index is 1.48. The Morgan fingerprint density at radius 1 is 0.854 bits per heavy atom. The Morgan fingerprint density at radius 2 is 1.59 bits per heavy atom. The molecule has 41 heavy (non-hydrogen) atoms. The number of rotatable bonds is 14. The Morgan fingerprint density at radius 3 is 2.20 bits per heavy atom. The molecule has 4 aromatic rings. The molecule has 5 nitrogen and oxygen atoms in total. The second-order valence-corrected chi connectivity index (χ2v) is 11.0. The summed E-state index contributed by atoms with van der Waals surface area (Å²) in [6.07, 6.45) is 4.74. The Hall–Kier alpha value is -3.96. The van der Waals surface area contributed by atoms with Gasteiger partial charge in [-0.2, -0.15) is 0 Å². The lowest BCUT2D eigenvalue weighted by Crippen LogP contribution is -2.30. The van der Waals surface area contributed by atoms with Gasteiger partial charge in [-0.05, 0) is 97.2 Å². The normalized spacial score (nSPS) is 12.0. The molecule has 0 fully saturated rings. The molecule has 1 heterocycles. The average molecular weight is 550 g/mol. The van der Waals surface area contributed by atoms with E-state index in [9.17, 15) is 9.90 Å². The zero-order valence-corrected chi connectivity index (χ0v) is 24.8. The number of aromatic nitrogens is 1. The van der Waals surface area contributed by atoms with Gasteiger partial charge in [-0.1, -0.05) is 74.5 Å². The van der Waals surface area contributed by atoms with Crippen molar-refractivity contribution in [1.29, 1.82) is 0 Å².